The van der Waals surface area contributed by atoms with E-state index in [0.717, 1.165) is 12.8 Å². The van der Waals surface area contributed by atoms with Crippen LogP contribution in [-0.4, -0.2) is 48.9 Å². The van der Waals surface area contributed by atoms with Crippen LogP contribution in [0.15, 0.2) is 30.3 Å². The molecule has 22 heavy (non-hydrogen) atoms. The number of carbonyl (C=O) groups excluding carboxylic acids is 3. The first-order chi connectivity index (χ1) is 10.6. The van der Waals surface area contributed by atoms with Gasteiger partial charge in [0.2, 0.25) is 5.91 Å². The third kappa shape index (κ3) is 3.84. The SMILES string of the molecule is COC(=O)C1CCCCN1C(=O)CNC(=O)c1ccccc1. The maximum Gasteiger partial charge on any atom is 0.328 e. The average molecular weight is 304 g/mol. The minimum atomic E-state index is -0.542. The van der Waals surface area contributed by atoms with E-state index in [1.165, 1.54) is 12.0 Å². The predicted molar refractivity (Wildman–Crippen MR) is 80.1 cm³/mol. The fourth-order valence-electron chi connectivity index (χ4n) is 2.56. The molecule has 0 saturated carbocycles. The molecule has 1 aliphatic heterocycles. The van der Waals surface area contributed by atoms with E-state index in [1.54, 1.807) is 24.3 Å². The van der Waals surface area contributed by atoms with Crippen molar-refractivity contribution in [2.45, 2.75) is 25.3 Å². The fraction of sp³-hybridized carbons (Fsp3) is 0.438. The van der Waals surface area contributed by atoms with Gasteiger partial charge in [0.25, 0.3) is 5.91 Å². The number of rotatable bonds is 4. The summed E-state index contributed by atoms with van der Waals surface area (Å²) in [6.07, 6.45) is 2.34. The van der Waals surface area contributed by atoms with Crippen LogP contribution >= 0.6 is 0 Å². The Bertz CT molecular complexity index is 544. The van der Waals surface area contributed by atoms with Crippen molar-refractivity contribution >= 4 is 17.8 Å². The Morgan fingerprint density at radius 2 is 1.95 bits per heavy atom. The van der Waals surface area contributed by atoms with E-state index in [4.69, 9.17) is 4.74 Å². The molecule has 118 valence electrons. The quantitative estimate of drug-likeness (QED) is 0.841. The zero-order valence-electron chi connectivity index (χ0n) is 12.6. The summed E-state index contributed by atoms with van der Waals surface area (Å²) < 4.78 is 4.74. The second kappa shape index (κ2) is 7.59. The number of esters is 1. The average Bonchev–Trinajstić information content (AvgIpc) is 2.59. The normalized spacial score (nSPS) is 17.7. The summed E-state index contributed by atoms with van der Waals surface area (Å²) in [7, 11) is 1.32. The number of nitrogens with zero attached hydrogens (tertiary/aromatic N) is 1. The number of likely N-dealkylation sites (tertiary alicyclic amines) is 1. The van der Waals surface area contributed by atoms with Crippen LogP contribution in [0.4, 0.5) is 0 Å². The summed E-state index contributed by atoms with van der Waals surface area (Å²) in [6, 6.07) is 8.15. The zero-order valence-corrected chi connectivity index (χ0v) is 12.6. The lowest BCUT2D eigenvalue weighted by molar-refractivity contribution is -0.154. The standard InChI is InChI=1S/C16H20N2O4/c1-22-16(21)13-9-5-6-10-18(13)14(19)11-17-15(20)12-7-3-2-4-8-12/h2-4,7-8,13H,5-6,9-11H2,1H3,(H,17,20). The molecule has 0 radical (unpaired) electrons. The van der Waals surface area contributed by atoms with Gasteiger partial charge in [0.05, 0.1) is 13.7 Å². The van der Waals surface area contributed by atoms with Gasteiger partial charge < -0.3 is 15.0 Å². The molecule has 0 aliphatic carbocycles. The molecular weight excluding hydrogens is 284 g/mol. The van der Waals surface area contributed by atoms with Crippen LogP contribution in [-0.2, 0) is 14.3 Å². The lowest BCUT2D eigenvalue weighted by Gasteiger charge is -2.33. The Morgan fingerprint density at radius 1 is 1.23 bits per heavy atom. The predicted octanol–water partition coefficient (Wildman–Crippen LogP) is 0.970. The minimum absolute atomic E-state index is 0.124. The number of benzene rings is 1. The summed E-state index contributed by atoms with van der Waals surface area (Å²) in [6.45, 7) is 0.390. The smallest absolute Gasteiger partial charge is 0.328 e. The van der Waals surface area contributed by atoms with Crippen LogP contribution in [0.5, 0.6) is 0 Å². The number of piperidine rings is 1. The zero-order chi connectivity index (χ0) is 15.9. The molecule has 1 N–H and O–H groups in total. The van der Waals surface area contributed by atoms with Crippen LogP contribution < -0.4 is 5.32 Å². The highest BCUT2D eigenvalue weighted by Crippen LogP contribution is 2.18. The first-order valence-electron chi connectivity index (χ1n) is 7.34. The van der Waals surface area contributed by atoms with E-state index in [-0.39, 0.29) is 18.4 Å². The molecule has 6 nitrogen and oxygen atoms in total. The van der Waals surface area contributed by atoms with E-state index in [1.807, 2.05) is 6.07 Å². The summed E-state index contributed by atoms with van der Waals surface area (Å²) in [5.41, 5.74) is 0.499. The van der Waals surface area contributed by atoms with Gasteiger partial charge in [0.15, 0.2) is 0 Å². The van der Waals surface area contributed by atoms with Crippen LogP contribution in [0.1, 0.15) is 29.6 Å². The lowest BCUT2D eigenvalue weighted by atomic mass is 10.0. The molecule has 1 heterocycles. The van der Waals surface area contributed by atoms with Crippen molar-refractivity contribution in [3.8, 4) is 0 Å². The number of carbonyl (C=O) groups is 3. The second-order valence-electron chi connectivity index (χ2n) is 5.17. The van der Waals surface area contributed by atoms with Gasteiger partial charge in [-0.25, -0.2) is 4.79 Å². The van der Waals surface area contributed by atoms with Gasteiger partial charge in [0, 0.05) is 12.1 Å². The van der Waals surface area contributed by atoms with Crippen molar-refractivity contribution in [1.82, 2.24) is 10.2 Å². The van der Waals surface area contributed by atoms with E-state index >= 15 is 0 Å². The third-order valence-electron chi connectivity index (χ3n) is 3.73. The van der Waals surface area contributed by atoms with Crippen LogP contribution in [0.25, 0.3) is 0 Å². The largest absolute Gasteiger partial charge is 0.467 e. The monoisotopic (exact) mass is 304 g/mol. The fourth-order valence-corrected chi connectivity index (χ4v) is 2.56. The summed E-state index contributed by atoms with van der Waals surface area (Å²) in [5.74, 6) is -0.970. The third-order valence-corrected chi connectivity index (χ3v) is 3.73. The van der Waals surface area contributed by atoms with Crippen molar-refractivity contribution in [2.24, 2.45) is 0 Å². The van der Waals surface area contributed by atoms with Crippen LogP contribution in [0.3, 0.4) is 0 Å². The van der Waals surface area contributed by atoms with Crippen molar-refractivity contribution in [3.05, 3.63) is 35.9 Å². The molecule has 1 aromatic rings. The highest BCUT2D eigenvalue weighted by Gasteiger charge is 2.32. The first-order valence-corrected chi connectivity index (χ1v) is 7.34. The molecule has 6 heteroatoms. The van der Waals surface area contributed by atoms with E-state index in [9.17, 15) is 14.4 Å². The number of amides is 2. The Kier molecular flexibility index (Phi) is 5.52. The van der Waals surface area contributed by atoms with Crippen LogP contribution in [0, 0.1) is 0 Å². The number of hydrogen-bond donors (Lipinski definition) is 1. The molecule has 0 spiro atoms. The van der Waals surface area contributed by atoms with Crippen molar-refractivity contribution in [1.29, 1.82) is 0 Å². The number of nitrogens with one attached hydrogen (secondary N) is 1. The molecule has 1 aromatic carbocycles. The highest BCUT2D eigenvalue weighted by atomic mass is 16.5. The van der Waals surface area contributed by atoms with Crippen molar-refractivity contribution in [3.63, 3.8) is 0 Å². The molecule has 1 atom stereocenters. The molecule has 2 rings (SSSR count). The van der Waals surface area contributed by atoms with E-state index in [2.05, 4.69) is 5.32 Å². The van der Waals surface area contributed by atoms with Crippen molar-refractivity contribution < 1.29 is 19.1 Å². The number of ether oxygens (including phenoxy) is 1. The molecule has 1 aliphatic rings. The summed E-state index contributed by atoms with van der Waals surface area (Å²) in [5, 5.41) is 2.59. The first kappa shape index (κ1) is 16.0. The molecule has 0 bridgehead atoms. The lowest BCUT2D eigenvalue weighted by Crippen LogP contribution is -2.51. The summed E-state index contributed by atoms with van der Waals surface area (Å²) in [4.78, 5) is 37.4. The number of methoxy groups -OCH3 is 1. The van der Waals surface area contributed by atoms with Gasteiger partial charge in [-0.3, -0.25) is 9.59 Å². The topological polar surface area (TPSA) is 75.7 Å². The molecule has 1 saturated heterocycles. The Balaban J connectivity index is 1.93. The minimum Gasteiger partial charge on any atom is -0.467 e. The van der Waals surface area contributed by atoms with Gasteiger partial charge >= 0.3 is 5.97 Å². The maximum absolute atomic E-state index is 12.3. The summed E-state index contributed by atoms with van der Waals surface area (Å²) >= 11 is 0. The Labute approximate surface area is 129 Å². The Morgan fingerprint density at radius 3 is 2.64 bits per heavy atom. The van der Waals surface area contributed by atoms with E-state index < -0.39 is 12.0 Å². The Hall–Kier alpha value is -2.37. The second-order valence-corrected chi connectivity index (χ2v) is 5.17. The van der Waals surface area contributed by atoms with E-state index in [0.29, 0.717) is 18.5 Å². The number of hydrogen-bond acceptors (Lipinski definition) is 4. The van der Waals surface area contributed by atoms with Gasteiger partial charge in [-0.1, -0.05) is 18.2 Å². The maximum atomic E-state index is 12.3. The molecule has 2 amide bonds. The van der Waals surface area contributed by atoms with Gasteiger partial charge in [-0.15, -0.1) is 0 Å². The van der Waals surface area contributed by atoms with Crippen LogP contribution in [0.2, 0.25) is 0 Å². The van der Waals surface area contributed by atoms with Gasteiger partial charge in [0.1, 0.15) is 6.04 Å². The molecule has 0 aromatic heterocycles. The molecule has 1 unspecified atom stereocenters. The highest BCUT2D eigenvalue weighted by molar-refractivity contribution is 5.96. The van der Waals surface area contributed by atoms with Crippen molar-refractivity contribution in [2.75, 3.05) is 20.2 Å². The van der Waals surface area contributed by atoms with Gasteiger partial charge in [-0.05, 0) is 31.4 Å². The van der Waals surface area contributed by atoms with Gasteiger partial charge in [-0.2, -0.15) is 0 Å². The molecule has 1 fully saturated rings. The molecular formula is C16H20N2O4.